The minimum Gasteiger partial charge on any atom is -0.480 e. The number of aromatic nitrogens is 2. The fraction of sp³-hybridized carbons (Fsp3) is 0.286. The Bertz CT molecular complexity index is 957. The lowest BCUT2D eigenvalue weighted by molar-refractivity contribution is -0.138. The summed E-state index contributed by atoms with van der Waals surface area (Å²) in [7, 11) is 1.69. The Balaban J connectivity index is 1.68. The smallest absolute Gasteiger partial charge is 0.263 e. The summed E-state index contributed by atoms with van der Waals surface area (Å²) in [6.07, 6.45) is -0.0382. The van der Waals surface area contributed by atoms with E-state index in [0.717, 1.165) is 5.56 Å². The number of nitrogens with zero attached hydrogens (tertiary/aromatic N) is 3. The normalized spacial score (nSPS) is 11.9. The number of likely N-dealkylation sites (N-methyl/N-ethyl adjacent to an activating group) is 1. The summed E-state index contributed by atoms with van der Waals surface area (Å²) in [5, 5.41) is 4.50. The van der Waals surface area contributed by atoms with Gasteiger partial charge in [0.25, 0.3) is 5.91 Å². The maximum atomic E-state index is 12.8. The van der Waals surface area contributed by atoms with E-state index < -0.39 is 6.10 Å². The van der Waals surface area contributed by atoms with Crippen LogP contribution in [0.15, 0.2) is 53.1 Å². The van der Waals surface area contributed by atoms with Gasteiger partial charge in [-0.1, -0.05) is 54.0 Å². The lowest BCUT2D eigenvalue weighted by atomic mass is 10.2. The van der Waals surface area contributed by atoms with E-state index in [4.69, 9.17) is 20.9 Å². The molecular formula is C21H22ClN3O3. The molecule has 146 valence electrons. The van der Waals surface area contributed by atoms with Crippen molar-refractivity contribution in [3.05, 3.63) is 65.0 Å². The van der Waals surface area contributed by atoms with E-state index in [9.17, 15) is 4.79 Å². The van der Waals surface area contributed by atoms with Crippen molar-refractivity contribution in [1.82, 2.24) is 15.0 Å². The van der Waals surface area contributed by atoms with Gasteiger partial charge in [-0.2, -0.15) is 4.98 Å². The number of halogens is 1. The SMILES string of the molecule is CCC(Oc1ccccc1C)C(=O)N(C)Cc1nc(-c2ccccc2Cl)no1. The average Bonchev–Trinajstić information content (AvgIpc) is 3.15. The molecule has 0 radical (unpaired) electrons. The van der Waals surface area contributed by atoms with E-state index in [1.807, 2.05) is 56.3 Å². The summed E-state index contributed by atoms with van der Waals surface area (Å²) in [6.45, 7) is 4.05. The van der Waals surface area contributed by atoms with Gasteiger partial charge in [-0.05, 0) is 37.1 Å². The molecule has 1 atom stereocenters. The Morgan fingerprint density at radius 3 is 2.64 bits per heavy atom. The van der Waals surface area contributed by atoms with E-state index in [1.165, 1.54) is 4.90 Å². The van der Waals surface area contributed by atoms with Crippen LogP contribution < -0.4 is 4.74 Å². The monoisotopic (exact) mass is 399 g/mol. The molecule has 1 unspecified atom stereocenters. The van der Waals surface area contributed by atoms with Crippen molar-refractivity contribution < 1.29 is 14.1 Å². The van der Waals surface area contributed by atoms with Gasteiger partial charge in [0.1, 0.15) is 5.75 Å². The molecule has 1 heterocycles. The Morgan fingerprint density at radius 2 is 1.93 bits per heavy atom. The van der Waals surface area contributed by atoms with E-state index in [2.05, 4.69) is 10.1 Å². The van der Waals surface area contributed by atoms with Crippen LogP contribution in [0.1, 0.15) is 24.8 Å². The van der Waals surface area contributed by atoms with Gasteiger partial charge < -0.3 is 14.2 Å². The van der Waals surface area contributed by atoms with Gasteiger partial charge in [-0.15, -0.1) is 0 Å². The highest BCUT2D eigenvalue weighted by Gasteiger charge is 2.24. The molecular weight excluding hydrogens is 378 g/mol. The van der Waals surface area contributed by atoms with Gasteiger partial charge >= 0.3 is 0 Å². The fourth-order valence-corrected chi connectivity index (χ4v) is 2.97. The van der Waals surface area contributed by atoms with Crippen LogP contribution in [0.5, 0.6) is 5.75 Å². The van der Waals surface area contributed by atoms with Crippen LogP contribution in [0.4, 0.5) is 0 Å². The van der Waals surface area contributed by atoms with Crippen LogP contribution in [0.2, 0.25) is 5.02 Å². The first-order valence-electron chi connectivity index (χ1n) is 9.04. The zero-order chi connectivity index (χ0) is 20.1. The highest BCUT2D eigenvalue weighted by molar-refractivity contribution is 6.33. The third-order valence-corrected chi connectivity index (χ3v) is 4.67. The predicted octanol–water partition coefficient (Wildman–Crippen LogP) is 4.51. The minimum atomic E-state index is -0.586. The third-order valence-electron chi connectivity index (χ3n) is 4.34. The minimum absolute atomic E-state index is 0.150. The summed E-state index contributed by atoms with van der Waals surface area (Å²) >= 11 is 6.17. The van der Waals surface area contributed by atoms with Crippen molar-refractivity contribution in [2.75, 3.05) is 7.05 Å². The van der Waals surface area contributed by atoms with Crippen LogP contribution in [0, 0.1) is 6.92 Å². The molecule has 0 N–H and O–H groups in total. The van der Waals surface area contributed by atoms with Gasteiger partial charge in [0.15, 0.2) is 6.10 Å². The molecule has 3 rings (SSSR count). The van der Waals surface area contributed by atoms with E-state index in [1.54, 1.807) is 13.1 Å². The van der Waals surface area contributed by atoms with Crippen LogP contribution in [0.25, 0.3) is 11.4 Å². The fourth-order valence-electron chi connectivity index (χ4n) is 2.75. The molecule has 0 aliphatic carbocycles. The van der Waals surface area contributed by atoms with Crippen molar-refractivity contribution in [2.45, 2.75) is 32.9 Å². The Labute approximate surface area is 169 Å². The van der Waals surface area contributed by atoms with Gasteiger partial charge in [0.2, 0.25) is 11.7 Å². The predicted molar refractivity (Wildman–Crippen MR) is 107 cm³/mol. The average molecular weight is 400 g/mol. The molecule has 0 aliphatic heterocycles. The standard InChI is InChI=1S/C21H22ClN3O3/c1-4-17(27-18-12-8-5-9-14(18)2)21(26)25(3)13-19-23-20(24-28-19)15-10-6-7-11-16(15)22/h5-12,17H,4,13H2,1-3H3. The van der Waals surface area contributed by atoms with Gasteiger partial charge in [-0.3, -0.25) is 4.79 Å². The number of hydrogen-bond acceptors (Lipinski definition) is 5. The third kappa shape index (κ3) is 4.51. The zero-order valence-electron chi connectivity index (χ0n) is 16.1. The van der Waals surface area contributed by atoms with Gasteiger partial charge in [-0.25, -0.2) is 0 Å². The highest BCUT2D eigenvalue weighted by atomic mass is 35.5. The molecule has 3 aromatic rings. The Kier molecular flexibility index (Phi) is 6.31. The molecule has 1 aromatic heterocycles. The Morgan fingerprint density at radius 1 is 1.21 bits per heavy atom. The molecule has 0 spiro atoms. The number of aryl methyl sites for hydroxylation is 1. The maximum absolute atomic E-state index is 12.8. The van der Waals surface area contributed by atoms with Crippen molar-refractivity contribution in [3.8, 4) is 17.1 Å². The van der Waals surface area contributed by atoms with Crippen molar-refractivity contribution in [1.29, 1.82) is 0 Å². The maximum Gasteiger partial charge on any atom is 0.263 e. The molecule has 2 aromatic carbocycles. The van der Waals surface area contributed by atoms with Crippen molar-refractivity contribution in [2.24, 2.45) is 0 Å². The largest absolute Gasteiger partial charge is 0.480 e. The Hall–Kier alpha value is -2.86. The second-order valence-corrected chi connectivity index (χ2v) is 6.87. The number of ether oxygens (including phenoxy) is 1. The first-order valence-corrected chi connectivity index (χ1v) is 9.42. The summed E-state index contributed by atoms with van der Waals surface area (Å²) < 4.78 is 11.2. The summed E-state index contributed by atoms with van der Waals surface area (Å²) in [4.78, 5) is 18.7. The summed E-state index contributed by atoms with van der Waals surface area (Å²) in [5.74, 6) is 1.28. The van der Waals surface area contributed by atoms with E-state index in [-0.39, 0.29) is 12.5 Å². The first kappa shape index (κ1) is 19.9. The van der Waals surface area contributed by atoms with Gasteiger partial charge in [0, 0.05) is 12.6 Å². The molecule has 28 heavy (non-hydrogen) atoms. The van der Waals surface area contributed by atoms with Gasteiger partial charge in [0.05, 0.1) is 11.6 Å². The van der Waals surface area contributed by atoms with Crippen LogP contribution in [-0.2, 0) is 11.3 Å². The summed E-state index contributed by atoms with van der Waals surface area (Å²) in [6, 6.07) is 14.9. The van der Waals surface area contributed by atoms with Crippen LogP contribution >= 0.6 is 11.6 Å². The molecule has 0 saturated heterocycles. The molecule has 0 aliphatic rings. The number of hydrogen-bond donors (Lipinski definition) is 0. The van der Waals surface area contributed by atoms with E-state index in [0.29, 0.717) is 34.5 Å². The lowest BCUT2D eigenvalue weighted by Crippen LogP contribution is -2.39. The highest BCUT2D eigenvalue weighted by Crippen LogP contribution is 2.25. The number of rotatable bonds is 7. The first-order chi connectivity index (χ1) is 13.5. The summed E-state index contributed by atoms with van der Waals surface area (Å²) in [5.41, 5.74) is 1.67. The molecule has 7 heteroatoms. The zero-order valence-corrected chi connectivity index (χ0v) is 16.8. The number of amides is 1. The number of benzene rings is 2. The second-order valence-electron chi connectivity index (χ2n) is 6.47. The lowest BCUT2D eigenvalue weighted by Gasteiger charge is -2.23. The number of para-hydroxylation sites is 1. The second kappa shape index (κ2) is 8.89. The molecule has 6 nitrogen and oxygen atoms in total. The number of carbonyl (C=O) groups is 1. The van der Waals surface area contributed by atoms with Crippen molar-refractivity contribution >= 4 is 17.5 Å². The van der Waals surface area contributed by atoms with Crippen LogP contribution in [-0.4, -0.2) is 34.1 Å². The topological polar surface area (TPSA) is 68.5 Å². The molecule has 1 amide bonds. The van der Waals surface area contributed by atoms with E-state index >= 15 is 0 Å². The molecule has 0 bridgehead atoms. The molecule has 0 fully saturated rings. The van der Waals surface area contributed by atoms with Crippen LogP contribution in [0.3, 0.4) is 0 Å². The quantitative estimate of drug-likeness (QED) is 0.584. The van der Waals surface area contributed by atoms with Crippen molar-refractivity contribution in [3.63, 3.8) is 0 Å². The molecule has 0 saturated carbocycles. The number of carbonyl (C=O) groups excluding carboxylic acids is 1.